The van der Waals surface area contributed by atoms with Gasteiger partial charge in [-0.15, -0.1) is 0 Å². The third kappa shape index (κ3) is 5.62. The number of nitrogens with zero attached hydrogens (tertiary/aromatic N) is 3. The van der Waals surface area contributed by atoms with Gasteiger partial charge in [0.15, 0.2) is 11.2 Å². The average molecular weight is 431 g/mol. The molecule has 3 atom stereocenters. The highest BCUT2D eigenvalue weighted by molar-refractivity contribution is 5.69. The molecule has 0 radical (unpaired) electrons. The summed E-state index contributed by atoms with van der Waals surface area (Å²) < 4.78 is 1.88. The number of hydrogen-bond donors (Lipinski definition) is 2. The second-order valence-electron chi connectivity index (χ2n) is 8.37. The Morgan fingerprint density at radius 3 is 2.94 bits per heavy atom. The van der Waals surface area contributed by atoms with Gasteiger partial charge in [0.25, 0.3) is 5.56 Å². The lowest BCUT2D eigenvalue weighted by molar-refractivity contribution is -0.263. The zero-order chi connectivity index (χ0) is 22.4. The molecule has 1 saturated carbocycles. The van der Waals surface area contributed by atoms with Gasteiger partial charge in [-0.05, 0) is 38.2 Å². The SMILES string of the molecule is C=C(CCCCC[C@H]1C(=C)[C@@H](n2cnc3c(=O)[nH]c(C)nc32)C[C@@H]1O)OOCCCC. The molecule has 0 amide bonds. The molecule has 2 aromatic heterocycles. The van der Waals surface area contributed by atoms with Crippen LogP contribution in [0.25, 0.3) is 11.2 Å². The maximum atomic E-state index is 12.1. The molecule has 3 rings (SSSR count). The van der Waals surface area contributed by atoms with Crippen molar-refractivity contribution >= 4 is 11.2 Å². The summed E-state index contributed by atoms with van der Waals surface area (Å²) >= 11 is 0. The van der Waals surface area contributed by atoms with E-state index in [0.29, 0.717) is 35.8 Å². The van der Waals surface area contributed by atoms with Crippen molar-refractivity contribution in [1.29, 1.82) is 0 Å². The summed E-state index contributed by atoms with van der Waals surface area (Å²) in [6.07, 6.45) is 8.38. The van der Waals surface area contributed by atoms with Crippen LogP contribution in [0.2, 0.25) is 0 Å². The van der Waals surface area contributed by atoms with Crippen LogP contribution in [0.5, 0.6) is 0 Å². The zero-order valence-electron chi connectivity index (χ0n) is 18.6. The molecule has 8 nitrogen and oxygen atoms in total. The molecule has 0 spiro atoms. The van der Waals surface area contributed by atoms with Crippen molar-refractivity contribution in [1.82, 2.24) is 19.5 Å². The van der Waals surface area contributed by atoms with Crippen LogP contribution in [0.3, 0.4) is 0 Å². The van der Waals surface area contributed by atoms with E-state index in [0.717, 1.165) is 50.5 Å². The first-order chi connectivity index (χ1) is 14.9. The third-order valence-corrected chi connectivity index (χ3v) is 5.95. The van der Waals surface area contributed by atoms with Gasteiger partial charge in [-0.3, -0.25) is 4.79 Å². The van der Waals surface area contributed by atoms with E-state index in [1.54, 1.807) is 13.3 Å². The predicted molar refractivity (Wildman–Crippen MR) is 119 cm³/mol. The number of rotatable bonds is 12. The lowest BCUT2D eigenvalue weighted by Crippen LogP contribution is -2.13. The number of unbranched alkanes of at least 4 members (excludes halogenated alkanes) is 3. The van der Waals surface area contributed by atoms with Gasteiger partial charge in [-0.25, -0.2) is 9.97 Å². The third-order valence-electron chi connectivity index (χ3n) is 5.95. The van der Waals surface area contributed by atoms with Crippen LogP contribution < -0.4 is 5.56 Å². The molecule has 1 fully saturated rings. The summed E-state index contributed by atoms with van der Waals surface area (Å²) in [6.45, 7) is 12.6. The van der Waals surface area contributed by atoms with Crippen molar-refractivity contribution in [3.63, 3.8) is 0 Å². The van der Waals surface area contributed by atoms with Crippen LogP contribution in [0.4, 0.5) is 0 Å². The molecule has 2 N–H and O–H groups in total. The largest absolute Gasteiger partial charge is 0.392 e. The molecule has 1 aliphatic rings. The topological polar surface area (TPSA) is 102 Å². The van der Waals surface area contributed by atoms with Gasteiger partial charge in [0.2, 0.25) is 0 Å². The summed E-state index contributed by atoms with van der Waals surface area (Å²) in [5.74, 6) is 1.23. The second-order valence-corrected chi connectivity index (χ2v) is 8.37. The standard InChI is InChI=1S/C23H34N4O4/c1-5-6-12-30-31-15(2)10-8-7-9-11-18-16(3)19(13-20(18)28)27-14-24-21-22(27)25-17(4)26-23(21)29/h14,18-20,28H,2-3,5-13H2,1,4H3,(H,25,26,29)/t18-,19-,20-/m0/s1. The van der Waals surface area contributed by atoms with Crippen LogP contribution >= 0.6 is 0 Å². The summed E-state index contributed by atoms with van der Waals surface area (Å²) in [5, 5.41) is 10.7. The number of aryl methyl sites for hydroxylation is 1. The highest BCUT2D eigenvalue weighted by Gasteiger charge is 2.37. The maximum Gasteiger partial charge on any atom is 0.279 e. The molecular formula is C23H34N4O4. The molecular weight excluding hydrogens is 396 g/mol. The molecule has 31 heavy (non-hydrogen) atoms. The van der Waals surface area contributed by atoms with Crippen molar-refractivity contribution in [2.75, 3.05) is 6.61 Å². The van der Waals surface area contributed by atoms with Gasteiger partial charge in [-0.2, -0.15) is 4.89 Å². The Morgan fingerprint density at radius 1 is 1.35 bits per heavy atom. The van der Waals surface area contributed by atoms with E-state index in [-0.39, 0.29) is 17.5 Å². The van der Waals surface area contributed by atoms with Gasteiger partial charge >= 0.3 is 0 Å². The Labute approximate surface area is 182 Å². The van der Waals surface area contributed by atoms with Crippen LogP contribution in [-0.2, 0) is 9.78 Å². The minimum atomic E-state index is -0.455. The van der Waals surface area contributed by atoms with Gasteiger partial charge in [0.1, 0.15) is 11.6 Å². The first kappa shape index (κ1) is 23.2. The number of H-pyrrole nitrogens is 1. The van der Waals surface area contributed by atoms with E-state index >= 15 is 0 Å². The number of aliphatic hydroxyl groups excluding tert-OH is 1. The lowest BCUT2D eigenvalue weighted by Gasteiger charge is -2.17. The summed E-state index contributed by atoms with van der Waals surface area (Å²) in [5.41, 5.74) is 1.59. The number of aromatic nitrogens is 4. The van der Waals surface area contributed by atoms with E-state index in [1.807, 2.05) is 4.57 Å². The van der Waals surface area contributed by atoms with Gasteiger partial charge in [-0.1, -0.05) is 39.3 Å². The number of nitrogens with one attached hydrogen (secondary N) is 1. The first-order valence-corrected chi connectivity index (χ1v) is 11.2. The van der Waals surface area contributed by atoms with Crippen LogP contribution in [0.15, 0.2) is 35.6 Å². The number of imidazole rings is 1. The highest BCUT2D eigenvalue weighted by Crippen LogP contribution is 2.42. The number of aromatic amines is 1. The normalized spacial score (nSPS) is 21.1. The number of aliphatic hydroxyl groups is 1. The van der Waals surface area contributed by atoms with E-state index < -0.39 is 6.10 Å². The van der Waals surface area contributed by atoms with Crippen molar-refractivity contribution in [2.45, 2.75) is 77.4 Å². The predicted octanol–water partition coefficient (Wildman–Crippen LogP) is 4.12. The fraction of sp³-hybridized carbons (Fsp3) is 0.609. The molecule has 0 aliphatic heterocycles. The minimum absolute atomic E-state index is 0.0300. The fourth-order valence-electron chi connectivity index (χ4n) is 4.21. The Balaban J connectivity index is 1.48. The first-order valence-electron chi connectivity index (χ1n) is 11.2. The summed E-state index contributed by atoms with van der Waals surface area (Å²) in [4.78, 5) is 33.8. The van der Waals surface area contributed by atoms with Gasteiger partial charge < -0.3 is 19.5 Å². The van der Waals surface area contributed by atoms with Gasteiger partial charge in [0, 0.05) is 12.3 Å². The summed E-state index contributed by atoms with van der Waals surface area (Å²) in [6, 6.07) is -0.104. The zero-order valence-corrected chi connectivity index (χ0v) is 18.6. The molecule has 0 unspecified atom stereocenters. The molecule has 2 aromatic rings. The molecule has 2 heterocycles. The highest BCUT2D eigenvalue weighted by atomic mass is 17.2. The molecule has 0 bridgehead atoms. The number of allylic oxidation sites excluding steroid dienone is 1. The monoisotopic (exact) mass is 430 g/mol. The Morgan fingerprint density at radius 2 is 2.16 bits per heavy atom. The van der Waals surface area contributed by atoms with Crippen LogP contribution in [-0.4, -0.2) is 37.3 Å². The fourth-order valence-corrected chi connectivity index (χ4v) is 4.21. The van der Waals surface area contributed by atoms with Crippen LogP contribution in [0.1, 0.15) is 70.2 Å². The quantitative estimate of drug-likeness (QED) is 0.173. The smallest absolute Gasteiger partial charge is 0.279 e. The van der Waals surface area contributed by atoms with Crippen LogP contribution in [0, 0.1) is 12.8 Å². The Hall–Kier alpha value is -2.45. The lowest BCUT2D eigenvalue weighted by atomic mass is 9.94. The van der Waals surface area contributed by atoms with Gasteiger partial charge in [0.05, 0.1) is 25.1 Å². The van der Waals surface area contributed by atoms with Crippen molar-refractivity contribution in [3.05, 3.63) is 47.0 Å². The Kier molecular flexibility index (Phi) is 8.03. The molecule has 170 valence electrons. The van der Waals surface area contributed by atoms with E-state index in [2.05, 4.69) is 35.0 Å². The number of hydrogen-bond acceptors (Lipinski definition) is 6. The van der Waals surface area contributed by atoms with Crippen molar-refractivity contribution in [3.8, 4) is 0 Å². The van der Waals surface area contributed by atoms with E-state index in [4.69, 9.17) is 9.78 Å². The molecule has 1 aliphatic carbocycles. The van der Waals surface area contributed by atoms with Crippen molar-refractivity contribution in [2.24, 2.45) is 5.92 Å². The van der Waals surface area contributed by atoms with E-state index in [9.17, 15) is 9.90 Å². The minimum Gasteiger partial charge on any atom is -0.392 e. The maximum absolute atomic E-state index is 12.1. The van der Waals surface area contributed by atoms with E-state index in [1.165, 1.54) is 0 Å². The average Bonchev–Trinajstić information content (AvgIpc) is 3.26. The second kappa shape index (κ2) is 10.7. The van der Waals surface area contributed by atoms with Crippen molar-refractivity contribution < 1.29 is 14.9 Å². The molecule has 0 saturated heterocycles. The summed E-state index contributed by atoms with van der Waals surface area (Å²) in [7, 11) is 0. The Bertz CT molecular complexity index is 964. The molecule has 8 heteroatoms. The molecule has 0 aromatic carbocycles. The number of fused-ring (bicyclic) bond motifs is 1.